The molecular formula is C17H23NOS. The largest absolute Gasteiger partial charge is 0.234 e. The van der Waals surface area contributed by atoms with Gasteiger partial charge in [0.2, 0.25) is 0 Å². The van der Waals surface area contributed by atoms with E-state index in [9.17, 15) is 4.21 Å². The van der Waals surface area contributed by atoms with E-state index in [1.807, 2.05) is 71.9 Å². The molecule has 3 heteroatoms. The summed E-state index contributed by atoms with van der Waals surface area (Å²) >= 11 is 0. The van der Waals surface area contributed by atoms with E-state index in [4.69, 9.17) is 0 Å². The average Bonchev–Trinajstić information content (AvgIpc) is 2.32. The van der Waals surface area contributed by atoms with Crippen LogP contribution in [-0.2, 0) is 11.0 Å². The Balaban J connectivity index is 3.14. The topological polar surface area (TPSA) is 29.4 Å². The predicted octanol–water partition coefficient (Wildman–Crippen LogP) is 3.99. The Labute approximate surface area is 125 Å². The lowest BCUT2D eigenvalue weighted by Crippen LogP contribution is -2.25. The Morgan fingerprint density at radius 3 is 2.05 bits per heavy atom. The molecule has 2 nitrogen and oxygen atoms in total. The van der Waals surface area contributed by atoms with Crippen LogP contribution < -0.4 is 0 Å². The van der Waals surface area contributed by atoms with Crippen LogP contribution in [0.1, 0.15) is 47.1 Å². The molecule has 1 aromatic carbocycles. The van der Waals surface area contributed by atoms with Crippen molar-refractivity contribution in [3.8, 4) is 11.8 Å². The fourth-order valence-electron chi connectivity index (χ4n) is 1.22. The second-order valence-electron chi connectivity index (χ2n) is 6.67. The van der Waals surface area contributed by atoms with Crippen molar-refractivity contribution < 1.29 is 4.21 Å². The molecule has 0 heterocycles. The molecule has 0 amide bonds. The number of hydrogen-bond acceptors (Lipinski definition) is 1. The van der Waals surface area contributed by atoms with Gasteiger partial charge in [0.25, 0.3) is 0 Å². The molecule has 0 aliphatic carbocycles. The molecule has 0 saturated heterocycles. The number of nitrogens with zero attached hydrogens (tertiary/aromatic N) is 1. The zero-order valence-corrected chi connectivity index (χ0v) is 14.0. The molecule has 0 bridgehead atoms. The molecule has 1 rings (SSSR count). The van der Waals surface area contributed by atoms with Gasteiger partial charge in [-0.25, -0.2) is 4.21 Å². The highest BCUT2D eigenvalue weighted by atomic mass is 32.2. The van der Waals surface area contributed by atoms with Crippen molar-refractivity contribution in [2.24, 2.45) is 9.81 Å². The summed E-state index contributed by atoms with van der Waals surface area (Å²) in [6.45, 7) is 11.8. The van der Waals surface area contributed by atoms with Crippen LogP contribution in [-0.4, -0.2) is 14.7 Å². The van der Waals surface area contributed by atoms with Crippen molar-refractivity contribution in [2.75, 3.05) is 0 Å². The van der Waals surface area contributed by atoms with Crippen molar-refractivity contribution >= 4 is 16.7 Å². The third kappa shape index (κ3) is 5.30. The second kappa shape index (κ2) is 6.37. The van der Waals surface area contributed by atoms with Crippen molar-refractivity contribution in [1.29, 1.82) is 0 Å². The number of rotatable bonds is 1. The van der Waals surface area contributed by atoms with Crippen molar-refractivity contribution in [3.05, 3.63) is 35.9 Å². The summed E-state index contributed by atoms with van der Waals surface area (Å²) in [6.07, 6.45) is 0. The lowest BCUT2D eigenvalue weighted by molar-refractivity contribution is 0.595. The minimum Gasteiger partial charge on any atom is -0.234 e. The molecule has 108 valence electrons. The van der Waals surface area contributed by atoms with Gasteiger partial charge in [0.15, 0.2) is 0 Å². The Kier molecular flexibility index (Phi) is 5.30. The average molecular weight is 289 g/mol. The third-order valence-electron chi connectivity index (χ3n) is 2.51. The maximum absolute atomic E-state index is 12.2. The van der Waals surface area contributed by atoms with Crippen LogP contribution in [0.25, 0.3) is 0 Å². The van der Waals surface area contributed by atoms with Crippen molar-refractivity contribution in [1.82, 2.24) is 0 Å². The van der Waals surface area contributed by atoms with Gasteiger partial charge in [0.1, 0.15) is 16.7 Å². The highest BCUT2D eigenvalue weighted by molar-refractivity contribution is 7.85. The van der Waals surface area contributed by atoms with E-state index in [0.29, 0.717) is 5.71 Å². The molecule has 0 fully saturated rings. The lowest BCUT2D eigenvalue weighted by Gasteiger charge is -2.19. The fourth-order valence-corrected chi connectivity index (χ4v) is 1.98. The number of hydrogen-bond donors (Lipinski definition) is 0. The van der Waals surface area contributed by atoms with Crippen LogP contribution >= 0.6 is 0 Å². The first-order chi connectivity index (χ1) is 9.10. The normalized spacial score (nSPS) is 14.4. The Hall–Kier alpha value is -1.40. The first-order valence-electron chi connectivity index (χ1n) is 6.69. The molecule has 20 heavy (non-hydrogen) atoms. The lowest BCUT2D eigenvalue weighted by atomic mass is 9.90. The Morgan fingerprint density at radius 1 is 1.05 bits per heavy atom. The molecule has 1 aromatic rings. The van der Waals surface area contributed by atoms with Gasteiger partial charge in [-0.15, -0.1) is 0 Å². The fraction of sp³-hybridized carbons (Fsp3) is 0.471. The summed E-state index contributed by atoms with van der Waals surface area (Å²) in [6, 6.07) is 9.76. The molecule has 0 radical (unpaired) electrons. The van der Waals surface area contributed by atoms with E-state index in [-0.39, 0.29) is 10.2 Å². The molecule has 0 aliphatic rings. The Bertz CT molecular complexity index is 563. The smallest absolute Gasteiger partial charge is 0.145 e. The van der Waals surface area contributed by atoms with Crippen LogP contribution in [0.15, 0.2) is 34.7 Å². The van der Waals surface area contributed by atoms with Crippen molar-refractivity contribution in [2.45, 2.75) is 46.3 Å². The van der Waals surface area contributed by atoms with Gasteiger partial charge in [-0.1, -0.05) is 44.9 Å². The predicted molar refractivity (Wildman–Crippen MR) is 88.1 cm³/mol. The summed E-state index contributed by atoms with van der Waals surface area (Å²) in [5, 5.41) is 0. The molecule has 0 unspecified atom stereocenters. The van der Waals surface area contributed by atoms with E-state index in [1.54, 1.807) is 0 Å². The molecule has 0 saturated carbocycles. The van der Waals surface area contributed by atoms with Crippen LogP contribution in [0.3, 0.4) is 0 Å². The van der Waals surface area contributed by atoms with Crippen LogP contribution in [0.2, 0.25) is 0 Å². The highest BCUT2D eigenvalue weighted by Crippen LogP contribution is 2.20. The molecule has 1 atom stereocenters. The van der Waals surface area contributed by atoms with E-state index in [1.165, 1.54) is 0 Å². The van der Waals surface area contributed by atoms with E-state index >= 15 is 0 Å². The summed E-state index contributed by atoms with van der Waals surface area (Å²) in [7, 11) is -1.29. The van der Waals surface area contributed by atoms with E-state index < -0.39 is 11.0 Å². The second-order valence-corrected chi connectivity index (χ2v) is 8.57. The van der Waals surface area contributed by atoms with E-state index in [0.717, 1.165) is 5.56 Å². The SMILES string of the molecule is CC(C)(C)/C(C#Cc1ccccc1)=N/[S@@](=O)C(C)(C)C. The van der Waals surface area contributed by atoms with Gasteiger partial charge in [0.05, 0.1) is 4.75 Å². The molecule has 0 N–H and O–H groups in total. The maximum Gasteiger partial charge on any atom is 0.145 e. The summed E-state index contributed by atoms with van der Waals surface area (Å²) in [4.78, 5) is 0. The van der Waals surface area contributed by atoms with Gasteiger partial charge in [-0.3, -0.25) is 0 Å². The van der Waals surface area contributed by atoms with Crippen molar-refractivity contribution in [3.63, 3.8) is 0 Å². The monoisotopic (exact) mass is 289 g/mol. The summed E-state index contributed by atoms with van der Waals surface area (Å²) in [5.41, 5.74) is 1.39. The van der Waals surface area contributed by atoms with E-state index in [2.05, 4.69) is 16.2 Å². The first-order valence-corrected chi connectivity index (χ1v) is 7.79. The van der Waals surface area contributed by atoms with Gasteiger partial charge in [-0.2, -0.15) is 4.40 Å². The third-order valence-corrected chi connectivity index (χ3v) is 3.90. The zero-order chi connectivity index (χ0) is 15.4. The van der Waals surface area contributed by atoms with Gasteiger partial charge in [-0.05, 0) is 38.8 Å². The highest BCUT2D eigenvalue weighted by Gasteiger charge is 2.23. The molecule has 0 aliphatic heterocycles. The molecular weight excluding hydrogens is 266 g/mol. The summed E-state index contributed by atoms with van der Waals surface area (Å²) < 4.78 is 16.2. The van der Waals surface area contributed by atoms with Crippen LogP contribution in [0.4, 0.5) is 0 Å². The molecule has 0 aromatic heterocycles. The van der Waals surface area contributed by atoms with Crippen LogP contribution in [0, 0.1) is 17.3 Å². The first kappa shape index (κ1) is 16.7. The minimum atomic E-state index is -1.29. The van der Waals surface area contributed by atoms with Gasteiger partial charge in [0, 0.05) is 11.0 Å². The summed E-state index contributed by atoms with van der Waals surface area (Å²) in [5.74, 6) is 6.18. The minimum absolute atomic E-state index is 0.220. The quantitative estimate of drug-likeness (QED) is 0.568. The Morgan fingerprint density at radius 2 is 1.60 bits per heavy atom. The number of benzene rings is 1. The maximum atomic E-state index is 12.2. The van der Waals surface area contributed by atoms with Crippen LogP contribution in [0.5, 0.6) is 0 Å². The van der Waals surface area contributed by atoms with Gasteiger partial charge < -0.3 is 0 Å². The standard InChI is InChI=1S/C17H23NOS/c1-16(2,3)15(18-20(19)17(4,5)6)13-12-14-10-8-7-9-11-14/h7-11H,1-6H3/b18-15+/t20-/m0/s1. The van der Waals surface area contributed by atoms with Gasteiger partial charge >= 0.3 is 0 Å². The zero-order valence-electron chi connectivity index (χ0n) is 13.2. The molecule has 0 spiro atoms.